The van der Waals surface area contributed by atoms with Crippen molar-refractivity contribution in [3.05, 3.63) is 58.9 Å². The fourth-order valence-electron chi connectivity index (χ4n) is 2.00. The number of hydrogen-bond donors (Lipinski definition) is 1. The Balaban J connectivity index is 2.38. The third kappa shape index (κ3) is 3.12. The molecule has 0 aliphatic rings. The van der Waals surface area contributed by atoms with Crippen LogP contribution in [0.3, 0.4) is 0 Å². The quantitative estimate of drug-likeness (QED) is 0.894. The van der Waals surface area contributed by atoms with Crippen LogP contribution < -0.4 is 10.5 Å². The Labute approximate surface area is 113 Å². The first-order valence-electron chi connectivity index (χ1n) is 6.27. The van der Waals surface area contributed by atoms with Gasteiger partial charge in [-0.15, -0.1) is 0 Å². The number of ether oxygens (including phenoxy) is 1. The van der Waals surface area contributed by atoms with E-state index in [1.165, 1.54) is 17.7 Å². The van der Waals surface area contributed by atoms with Gasteiger partial charge >= 0.3 is 0 Å². The lowest BCUT2D eigenvalue weighted by Crippen LogP contribution is -2.07. The molecular weight excluding hydrogens is 241 g/mol. The molecule has 0 radical (unpaired) electrons. The Hall–Kier alpha value is -1.87. The van der Waals surface area contributed by atoms with Crippen molar-refractivity contribution in [3.63, 3.8) is 0 Å². The van der Waals surface area contributed by atoms with Crippen LogP contribution in [0.4, 0.5) is 4.39 Å². The van der Waals surface area contributed by atoms with Gasteiger partial charge in [-0.05, 0) is 50.6 Å². The van der Waals surface area contributed by atoms with Crippen molar-refractivity contribution >= 4 is 0 Å². The summed E-state index contributed by atoms with van der Waals surface area (Å²) in [6.45, 7) is 5.82. The van der Waals surface area contributed by atoms with Crippen molar-refractivity contribution in [1.29, 1.82) is 0 Å². The van der Waals surface area contributed by atoms with Gasteiger partial charge in [0.25, 0.3) is 0 Å². The zero-order valence-electron chi connectivity index (χ0n) is 11.4. The van der Waals surface area contributed by atoms with Gasteiger partial charge in [-0.2, -0.15) is 0 Å². The van der Waals surface area contributed by atoms with E-state index in [9.17, 15) is 4.39 Å². The van der Waals surface area contributed by atoms with Crippen LogP contribution in [0, 0.1) is 19.7 Å². The van der Waals surface area contributed by atoms with Gasteiger partial charge in [-0.3, -0.25) is 0 Å². The van der Waals surface area contributed by atoms with Crippen LogP contribution in [-0.4, -0.2) is 0 Å². The van der Waals surface area contributed by atoms with Crippen LogP contribution in [0.25, 0.3) is 0 Å². The van der Waals surface area contributed by atoms with Crippen molar-refractivity contribution in [2.45, 2.75) is 26.8 Å². The summed E-state index contributed by atoms with van der Waals surface area (Å²) >= 11 is 0. The Bertz CT molecular complexity index is 593. The molecule has 2 rings (SSSR count). The first-order chi connectivity index (χ1) is 8.97. The van der Waals surface area contributed by atoms with E-state index in [1.54, 1.807) is 6.07 Å². The lowest BCUT2D eigenvalue weighted by molar-refractivity contribution is 0.465. The summed E-state index contributed by atoms with van der Waals surface area (Å²) in [7, 11) is 0. The zero-order valence-corrected chi connectivity index (χ0v) is 11.4. The third-order valence-corrected chi connectivity index (χ3v) is 3.01. The summed E-state index contributed by atoms with van der Waals surface area (Å²) in [6.07, 6.45) is 0. The number of aryl methyl sites for hydroxylation is 2. The molecule has 0 heterocycles. The summed E-state index contributed by atoms with van der Waals surface area (Å²) in [5.41, 5.74) is 8.74. The van der Waals surface area contributed by atoms with Crippen molar-refractivity contribution in [2.75, 3.05) is 0 Å². The normalized spacial score (nSPS) is 12.3. The number of halogens is 1. The van der Waals surface area contributed by atoms with Crippen molar-refractivity contribution in [2.24, 2.45) is 5.73 Å². The van der Waals surface area contributed by atoms with Crippen molar-refractivity contribution in [1.82, 2.24) is 0 Å². The Kier molecular flexibility index (Phi) is 3.86. The SMILES string of the molecule is Cc1ccc(Oc2ccc(F)cc2C(C)N)c(C)c1. The highest BCUT2D eigenvalue weighted by molar-refractivity contribution is 5.43. The minimum absolute atomic E-state index is 0.281. The van der Waals surface area contributed by atoms with Crippen LogP contribution >= 0.6 is 0 Å². The monoisotopic (exact) mass is 259 g/mol. The molecule has 19 heavy (non-hydrogen) atoms. The second kappa shape index (κ2) is 5.41. The van der Waals surface area contributed by atoms with Gasteiger partial charge in [-0.1, -0.05) is 17.7 Å². The Morgan fingerprint density at radius 2 is 1.74 bits per heavy atom. The molecule has 3 heteroatoms. The maximum Gasteiger partial charge on any atom is 0.132 e. The van der Waals surface area contributed by atoms with E-state index in [0.717, 1.165) is 11.3 Å². The lowest BCUT2D eigenvalue weighted by atomic mass is 10.1. The summed E-state index contributed by atoms with van der Waals surface area (Å²) in [6, 6.07) is 10.1. The highest BCUT2D eigenvalue weighted by Crippen LogP contribution is 2.31. The van der Waals surface area contributed by atoms with E-state index in [0.29, 0.717) is 11.3 Å². The molecule has 1 atom stereocenters. The molecule has 0 saturated heterocycles. The molecular formula is C16H18FNO. The zero-order chi connectivity index (χ0) is 14.0. The van der Waals surface area contributed by atoms with Gasteiger partial charge in [0.05, 0.1) is 0 Å². The first-order valence-corrected chi connectivity index (χ1v) is 6.27. The number of hydrogen-bond acceptors (Lipinski definition) is 2. The van der Waals surface area contributed by atoms with E-state index < -0.39 is 0 Å². The Morgan fingerprint density at radius 3 is 2.37 bits per heavy atom. The molecule has 1 unspecified atom stereocenters. The van der Waals surface area contributed by atoms with E-state index in [-0.39, 0.29) is 11.9 Å². The van der Waals surface area contributed by atoms with Gasteiger partial charge in [0.15, 0.2) is 0 Å². The molecule has 2 nitrogen and oxygen atoms in total. The molecule has 0 spiro atoms. The second-order valence-corrected chi connectivity index (χ2v) is 4.84. The molecule has 100 valence electrons. The predicted octanol–water partition coefficient (Wildman–Crippen LogP) is 4.25. The third-order valence-electron chi connectivity index (χ3n) is 3.01. The molecule has 2 aromatic carbocycles. The average Bonchev–Trinajstić information content (AvgIpc) is 2.34. The van der Waals surface area contributed by atoms with Crippen LogP contribution in [0.5, 0.6) is 11.5 Å². The first kappa shape index (κ1) is 13.6. The van der Waals surface area contributed by atoms with Gasteiger partial charge in [-0.25, -0.2) is 4.39 Å². The fraction of sp³-hybridized carbons (Fsp3) is 0.250. The molecule has 0 fully saturated rings. The number of rotatable bonds is 3. The van der Waals surface area contributed by atoms with Crippen molar-refractivity contribution in [3.8, 4) is 11.5 Å². The fourth-order valence-corrected chi connectivity index (χ4v) is 2.00. The smallest absolute Gasteiger partial charge is 0.132 e. The summed E-state index contributed by atoms with van der Waals surface area (Å²) in [5, 5.41) is 0. The molecule has 2 N–H and O–H groups in total. The van der Waals surface area contributed by atoms with E-state index >= 15 is 0 Å². The van der Waals surface area contributed by atoms with Crippen LogP contribution in [-0.2, 0) is 0 Å². The van der Waals surface area contributed by atoms with Gasteiger partial charge < -0.3 is 10.5 Å². The van der Waals surface area contributed by atoms with Crippen LogP contribution in [0.15, 0.2) is 36.4 Å². The topological polar surface area (TPSA) is 35.2 Å². The van der Waals surface area contributed by atoms with E-state index in [4.69, 9.17) is 10.5 Å². The molecule has 0 amide bonds. The number of benzene rings is 2. The minimum Gasteiger partial charge on any atom is -0.457 e. The molecule has 2 aromatic rings. The van der Waals surface area contributed by atoms with Gasteiger partial charge in [0.2, 0.25) is 0 Å². The number of nitrogens with two attached hydrogens (primary N) is 1. The molecule has 0 bridgehead atoms. The van der Waals surface area contributed by atoms with Gasteiger partial charge in [0, 0.05) is 11.6 Å². The molecule has 0 aromatic heterocycles. The van der Waals surface area contributed by atoms with E-state index in [2.05, 4.69) is 0 Å². The highest BCUT2D eigenvalue weighted by atomic mass is 19.1. The summed E-state index contributed by atoms with van der Waals surface area (Å²) in [4.78, 5) is 0. The second-order valence-electron chi connectivity index (χ2n) is 4.84. The minimum atomic E-state index is -0.305. The van der Waals surface area contributed by atoms with Crippen molar-refractivity contribution < 1.29 is 9.13 Å². The average molecular weight is 259 g/mol. The van der Waals surface area contributed by atoms with Crippen LogP contribution in [0.2, 0.25) is 0 Å². The Morgan fingerprint density at radius 1 is 1.05 bits per heavy atom. The van der Waals surface area contributed by atoms with E-state index in [1.807, 2.05) is 39.0 Å². The molecule has 0 saturated carbocycles. The maximum atomic E-state index is 13.3. The predicted molar refractivity (Wildman–Crippen MR) is 75.0 cm³/mol. The summed E-state index contributed by atoms with van der Waals surface area (Å²) in [5.74, 6) is 1.06. The lowest BCUT2D eigenvalue weighted by Gasteiger charge is -2.15. The molecule has 0 aliphatic carbocycles. The largest absolute Gasteiger partial charge is 0.457 e. The van der Waals surface area contributed by atoms with Gasteiger partial charge in [0.1, 0.15) is 17.3 Å². The van der Waals surface area contributed by atoms with Crippen LogP contribution in [0.1, 0.15) is 29.7 Å². The maximum absolute atomic E-state index is 13.3. The summed E-state index contributed by atoms with van der Waals surface area (Å²) < 4.78 is 19.1. The molecule has 0 aliphatic heterocycles. The standard InChI is InChI=1S/C16H18FNO/c1-10-4-6-15(11(2)8-10)19-16-7-5-13(17)9-14(16)12(3)18/h4-9,12H,18H2,1-3H3. The highest BCUT2D eigenvalue weighted by Gasteiger charge is 2.11.